The van der Waals surface area contributed by atoms with E-state index in [-0.39, 0.29) is 0 Å². The summed E-state index contributed by atoms with van der Waals surface area (Å²) in [5.41, 5.74) is 2.85. The van der Waals surface area contributed by atoms with Crippen molar-refractivity contribution in [2.24, 2.45) is 5.92 Å². The Balaban J connectivity index is 1.71. The van der Waals surface area contributed by atoms with Crippen molar-refractivity contribution in [3.63, 3.8) is 0 Å². The summed E-state index contributed by atoms with van der Waals surface area (Å²) in [7, 11) is 0. The predicted molar refractivity (Wildman–Crippen MR) is 87.6 cm³/mol. The van der Waals surface area contributed by atoms with E-state index in [1.54, 1.807) is 0 Å². The van der Waals surface area contributed by atoms with Gasteiger partial charge in [0, 0.05) is 5.92 Å². The maximum absolute atomic E-state index is 2.35. The second-order valence-electron chi connectivity index (χ2n) is 5.68. The molecule has 0 aromatic heterocycles. The standard InChI is InChI=1S/C20H25/c1-17(18(2)20-15-7-4-8-16-20)11-9-10-14-19-12-5-3-6-13-19/h3-8,12-13,15-17H,9-11,14H2,1-2H3. The zero-order chi connectivity index (χ0) is 14.2. The number of benzene rings is 2. The third-order valence-corrected chi connectivity index (χ3v) is 4.16. The average molecular weight is 265 g/mol. The Morgan fingerprint density at radius 2 is 1.45 bits per heavy atom. The van der Waals surface area contributed by atoms with Crippen LogP contribution < -0.4 is 0 Å². The molecule has 1 radical (unpaired) electrons. The molecule has 0 aliphatic carbocycles. The van der Waals surface area contributed by atoms with Gasteiger partial charge in [-0.2, -0.15) is 0 Å². The van der Waals surface area contributed by atoms with Gasteiger partial charge in [0.1, 0.15) is 0 Å². The van der Waals surface area contributed by atoms with Gasteiger partial charge in [-0.1, -0.05) is 80.9 Å². The van der Waals surface area contributed by atoms with Gasteiger partial charge in [-0.3, -0.25) is 0 Å². The van der Waals surface area contributed by atoms with E-state index in [0.717, 1.165) is 0 Å². The van der Waals surface area contributed by atoms with Crippen LogP contribution in [0.3, 0.4) is 0 Å². The van der Waals surface area contributed by atoms with Crippen LogP contribution in [-0.4, -0.2) is 0 Å². The van der Waals surface area contributed by atoms with Gasteiger partial charge in [-0.25, -0.2) is 0 Å². The molecule has 1 unspecified atom stereocenters. The fraction of sp³-hybridized carbons (Fsp3) is 0.350. The Morgan fingerprint density at radius 3 is 2.10 bits per heavy atom. The molecule has 0 aliphatic rings. The Morgan fingerprint density at radius 1 is 0.850 bits per heavy atom. The number of hydrogen-bond acceptors (Lipinski definition) is 0. The molecule has 0 aliphatic heterocycles. The summed E-state index contributed by atoms with van der Waals surface area (Å²) in [6.07, 6.45) is 5.09. The van der Waals surface area contributed by atoms with Crippen LogP contribution in [0.5, 0.6) is 0 Å². The normalized spacial score (nSPS) is 12.6. The molecular formula is C20H25. The number of hydrogen-bond donors (Lipinski definition) is 0. The molecule has 0 heterocycles. The molecule has 2 rings (SSSR count). The summed E-state index contributed by atoms with van der Waals surface area (Å²) in [6, 6.07) is 21.6. The molecule has 0 spiro atoms. The van der Waals surface area contributed by atoms with Gasteiger partial charge < -0.3 is 0 Å². The third kappa shape index (κ3) is 4.52. The molecule has 20 heavy (non-hydrogen) atoms. The first kappa shape index (κ1) is 14.8. The molecule has 0 amide bonds. The van der Waals surface area contributed by atoms with E-state index in [1.165, 1.54) is 42.7 Å². The molecule has 0 saturated carbocycles. The first-order valence-corrected chi connectivity index (χ1v) is 7.70. The average Bonchev–Trinajstić information content (AvgIpc) is 2.52. The van der Waals surface area contributed by atoms with E-state index in [9.17, 15) is 0 Å². The van der Waals surface area contributed by atoms with Gasteiger partial charge in [-0.05, 0) is 36.3 Å². The lowest BCUT2D eigenvalue weighted by Crippen LogP contribution is -2.07. The van der Waals surface area contributed by atoms with Crippen LogP contribution in [0.25, 0.3) is 0 Å². The smallest absolute Gasteiger partial charge is 0.00470 e. The largest absolute Gasteiger partial charge is 0.0622 e. The molecule has 0 heteroatoms. The predicted octanol–water partition coefficient (Wildman–Crippen LogP) is 5.68. The van der Waals surface area contributed by atoms with Crippen molar-refractivity contribution in [1.82, 2.24) is 0 Å². The SMILES string of the molecule is C[C](c1ccccc1)C(C)CCCCc1ccccc1. The van der Waals surface area contributed by atoms with Crippen LogP contribution in [0.4, 0.5) is 0 Å². The first-order valence-electron chi connectivity index (χ1n) is 7.70. The van der Waals surface area contributed by atoms with Crippen molar-refractivity contribution in [2.45, 2.75) is 39.5 Å². The Hall–Kier alpha value is -1.56. The molecule has 105 valence electrons. The van der Waals surface area contributed by atoms with Crippen LogP contribution in [0.1, 0.15) is 44.2 Å². The second kappa shape index (κ2) is 7.89. The van der Waals surface area contributed by atoms with Gasteiger partial charge >= 0.3 is 0 Å². The lowest BCUT2D eigenvalue weighted by atomic mass is 9.85. The number of unbranched alkanes of at least 4 members (excludes halogenated alkanes) is 1. The molecule has 0 nitrogen and oxygen atoms in total. The minimum absolute atomic E-state index is 0.674. The quantitative estimate of drug-likeness (QED) is 0.565. The van der Waals surface area contributed by atoms with Crippen LogP contribution in [0, 0.1) is 11.8 Å². The summed E-state index contributed by atoms with van der Waals surface area (Å²) in [6.45, 7) is 4.63. The second-order valence-corrected chi connectivity index (χ2v) is 5.68. The topological polar surface area (TPSA) is 0 Å². The Bertz CT molecular complexity index is 472. The summed E-state index contributed by atoms with van der Waals surface area (Å²) in [5, 5.41) is 0. The van der Waals surface area contributed by atoms with Gasteiger partial charge in [0.15, 0.2) is 0 Å². The minimum Gasteiger partial charge on any atom is -0.0622 e. The molecule has 2 aromatic carbocycles. The van der Waals surface area contributed by atoms with E-state index in [4.69, 9.17) is 0 Å². The van der Waals surface area contributed by atoms with E-state index >= 15 is 0 Å². The first-order chi connectivity index (χ1) is 9.77. The minimum atomic E-state index is 0.674. The van der Waals surface area contributed by atoms with Crippen molar-refractivity contribution in [1.29, 1.82) is 0 Å². The van der Waals surface area contributed by atoms with Crippen LogP contribution >= 0.6 is 0 Å². The van der Waals surface area contributed by atoms with Crippen LogP contribution in [0.15, 0.2) is 60.7 Å². The highest BCUT2D eigenvalue weighted by atomic mass is 14.2. The lowest BCUT2D eigenvalue weighted by molar-refractivity contribution is 0.523. The fourth-order valence-corrected chi connectivity index (χ4v) is 2.63. The molecular weight excluding hydrogens is 240 g/mol. The van der Waals surface area contributed by atoms with Crippen molar-refractivity contribution in [3.8, 4) is 0 Å². The van der Waals surface area contributed by atoms with E-state index in [1.807, 2.05) is 0 Å². The zero-order valence-corrected chi connectivity index (χ0v) is 12.7. The van der Waals surface area contributed by atoms with E-state index in [0.29, 0.717) is 5.92 Å². The van der Waals surface area contributed by atoms with Gasteiger partial charge in [-0.15, -0.1) is 0 Å². The molecule has 0 bridgehead atoms. The summed E-state index contributed by atoms with van der Waals surface area (Å²) in [5.74, 6) is 2.19. The highest BCUT2D eigenvalue weighted by Crippen LogP contribution is 2.26. The van der Waals surface area contributed by atoms with Gasteiger partial charge in [0.2, 0.25) is 0 Å². The zero-order valence-electron chi connectivity index (χ0n) is 12.7. The summed E-state index contributed by atoms with van der Waals surface area (Å²) < 4.78 is 0. The molecule has 0 saturated heterocycles. The van der Waals surface area contributed by atoms with Crippen LogP contribution in [-0.2, 0) is 6.42 Å². The van der Waals surface area contributed by atoms with Crippen molar-refractivity contribution in [3.05, 3.63) is 77.7 Å². The highest BCUT2D eigenvalue weighted by molar-refractivity contribution is 5.29. The van der Waals surface area contributed by atoms with Crippen molar-refractivity contribution in [2.75, 3.05) is 0 Å². The molecule has 1 atom stereocenters. The van der Waals surface area contributed by atoms with E-state index < -0.39 is 0 Å². The maximum atomic E-state index is 2.35. The van der Waals surface area contributed by atoms with Crippen LogP contribution in [0.2, 0.25) is 0 Å². The van der Waals surface area contributed by atoms with Crippen molar-refractivity contribution < 1.29 is 0 Å². The van der Waals surface area contributed by atoms with E-state index in [2.05, 4.69) is 74.5 Å². The van der Waals surface area contributed by atoms with Gasteiger partial charge in [0.25, 0.3) is 0 Å². The summed E-state index contributed by atoms with van der Waals surface area (Å²) in [4.78, 5) is 0. The number of rotatable bonds is 7. The third-order valence-electron chi connectivity index (χ3n) is 4.16. The monoisotopic (exact) mass is 265 g/mol. The fourth-order valence-electron chi connectivity index (χ4n) is 2.63. The summed E-state index contributed by atoms with van der Waals surface area (Å²) >= 11 is 0. The molecule has 0 fully saturated rings. The Kier molecular flexibility index (Phi) is 5.86. The lowest BCUT2D eigenvalue weighted by Gasteiger charge is -2.19. The number of aryl methyl sites for hydroxylation is 1. The molecule has 0 N–H and O–H groups in total. The van der Waals surface area contributed by atoms with Gasteiger partial charge in [0.05, 0.1) is 0 Å². The highest BCUT2D eigenvalue weighted by Gasteiger charge is 2.14. The molecule has 2 aromatic rings. The Labute approximate surface area is 123 Å². The van der Waals surface area contributed by atoms with Crippen molar-refractivity contribution >= 4 is 0 Å². The maximum Gasteiger partial charge on any atom is 0.00470 e.